The van der Waals surface area contributed by atoms with Crippen molar-refractivity contribution in [3.8, 4) is 0 Å². The minimum atomic E-state index is -4.28. The summed E-state index contributed by atoms with van der Waals surface area (Å²) in [7, 11) is 1.69. The van der Waals surface area contributed by atoms with Crippen LogP contribution < -0.4 is 10.6 Å². The third-order valence-electron chi connectivity index (χ3n) is 5.22. The summed E-state index contributed by atoms with van der Waals surface area (Å²) in [6.07, 6.45) is 3.25. The van der Waals surface area contributed by atoms with Gasteiger partial charge in [0, 0.05) is 18.3 Å². The Morgan fingerprint density at radius 1 is 1.23 bits per heavy atom. The Kier molecular flexibility index (Phi) is 7.21. The van der Waals surface area contributed by atoms with Crippen molar-refractivity contribution in [2.45, 2.75) is 47.7 Å². The summed E-state index contributed by atoms with van der Waals surface area (Å²) in [6.45, 7) is 11.2. The number of hydrogen-bond donors (Lipinski definition) is 2. The number of aromatic nitrogens is 2. The second kappa shape index (κ2) is 9.10. The fourth-order valence-corrected chi connectivity index (χ4v) is 3.69. The molecule has 0 bridgehead atoms. The van der Waals surface area contributed by atoms with Crippen LogP contribution in [-0.4, -0.2) is 30.0 Å². The van der Waals surface area contributed by atoms with Gasteiger partial charge in [-0.05, 0) is 54.4 Å². The van der Waals surface area contributed by atoms with E-state index in [1.54, 1.807) is 7.05 Å². The van der Waals surface area contributed by atoms with Crippen LogP contribution in [0.25, 0.3) is 5.57 Å². The summed E-state index contributed by atoms with van der Waals surface area (Å²) in [5.74, 6) is 0.583. The summed E-state index contributed by atoms with van der Waals surface area (Å²) < 4.78 is 43.8. The molecule has 8 heteroatoms. The van der Waals surface area contributed by atoms with Crippen molar-refractivity contribution in [2.75, 3.05) is 18.9 Å². The van der Waals surface area contributed by atoms with E-state index in [-0.39, 0.29) is 17.3 Å². The molecule has 0 amide bonds. The first-order valence-electron chi connectivity index (χ1n) is 9.96. The topological polar surface area (TPSA) is 63.0 Å². The molecular weight excluding hydrogens is 393 g/mol. The van der Waals surface area contributed by atoms with Crippen molar-refractivity contribution in [1.29, 1.82) is 0 Å². The molecule has 0 aliphatic heterocycles. The average molecular weight is 425 g/mol. The van der Waals surface area contributed by atoms with Crippen LogP contribution in [0.4, 0.5) is 19.2 Å². The third kappa shape index (κ3) is 6.00. The number of anilines is 1. The first kappa shape index (κ1) is 23.8. The van der Waals surface area contributed by atoms with E-state index in [0.29, 0.717) is 17.6 Å². The van der Waals surface area contributed by atoms with Crippen molar-refractivity contribution in [2.24, 2.45) is 17.3 Å². The molecule has 0 spiro atoms. The van der Waals surface area contributed by atoms with Gasteiger partial charge >= 0.3 is 12.2 Å². The normalized spacial score (nSPS) is 21.3. The standard InChI is InChI=1S/C22H31F3N4O/c1-8-15(19-28-29-20(26-7)30-19)9-13(2)17-10-16(27-12-22(23,24)25)11-18(14(17)3)21(4,5)6/h8-11,14,18,27H,12H2,1-7H3,(H,26,29)/b13-9-,15-8+. The first-order valence-corrected chi connectivity index (χ1v) is 9.96. The Hall–Kier alpha value is -2.51. The van der Waals surface area contributed by atoms with E-state index in [0.717, 1.165) is 16.7 Å². The predicted molar refractivity (Wildman–Crippen MR) is 114 cm³/mol. The summed E-state index contributed by atoms with van der Waals surface area (Å²) in [5.41, 5.74) is 3.05. The molecule has 0 saturated carbocycles. The van der Waals surface area contributed by atoms with Gasteiger partial charge in [-0.15, -0.1) is 5.10 Å². The highest BCUT2D eigenvalue weighted by Crippen LogP contribution is 2.42. The molecule has 30 heavy (non-hydrogen) atoms. The molecule has 5 nitrogen and oxygen atoms in total. The van der Waals surface area contributed by atoms with E-state index in [4.69, 9.17) is 4.42 Å². The number of nitrogens with one attached hydrogen (secondary N) is 2. The second-order valence-corrected chi connectivity index (χ2v) is 8.60. The highest BCUT2D eigenvalue weighted by atomic mass is 19.4. The molecule has 1 heterocycles. The highest BCUT2D eigenvalue weighted by molar-refractivity contribution is 5.70. The molecule has 0 aromatic carbocycles. The van der Waals surface area contributed by atoms with Gasteiger partial charge < -0.3 is 15.1 Å². The smallest absolute Gasteiger partial charge is 0.403 e. The summed E-state index contributed by atoms with van der Waals surface area (Å²) in [6, 6.07) is 0.315. The molecule has 0 fully saturated rings. The van der Waals surface area contributed by atoms with Crippen molar-refractivity contribution in [3.63, 3.8) is 0 Å². The van der Waals surface area contributed by atoms with Gasteiger partial charge in [0.1, 0.15) is 6.54 Å². The summed E-state index contributed by atoms with van der Waals surface area (Å²) in [5, 5.41) is 13.3. The van der Waals surface area contributed by atoms with Crippen LogP contribution in [0.15, 0.2) is 45.6 Å². The highest BCUT2D eigenvalue weighted by Gasteiger charge is 2.34. The number of allylic oxidation sites excluding steroid dienone is 7. The SMILES string of the molecule is C/C=C(\C=C(\C)C1=CC(NCC(F)(F)F)=CC(C(C)(C)C)C1C)c1nnc(NC)o1. The fourth-order valence-electron chi connectivity index (χ4n) is 3.69. The number of rotatable bonds is 6. The van der Waals surface area contributed by atoms with Crippen LogP contribution in [0, 0.1) is 17.3 Å². The molecule has 2 rings (SSSR count). The zero-order chi connectivity index (χ0) is 22.7. The second-order valence-electron chi connectivity index (χ2n) is 8.60. The largest absolute Gasteiger partial charge is 0.405 e. The van der Waals surface area contributed by atoms with Crippen LogP contribution in [-0.2, 0) is 0 Å². The molecule has 1 aromatic heterocycles. The molecule has 0 saturated heterocycles. The van der Waals surface area contributed by atoms with E-state index in [1.807, 2.05) is 38.2 Å². The van der Waals surface area contributed by atoms with Crippen LogP contribution >= 0.6 is 0 Å². The molecule has 166 valence electrons. The number of halogens is 3. The minimum Gasteiger partial charge on any atom is -0.403 e. The maximum atomic E-state index is 12.8. The van der Waals surface area contributed by atoms with Crippen molar-refractivity contribution < 1.29 is 17.6 Å². The molecule has 2 N–H and O–H groups in total. The molecule has 2 unspecified atom stereocenters. The molecular formula is C22H31F3N4O. The van der Waals surface area contributed by atoms with Gasteiger partial charge in [0.2, 0.25) is 5.89 Å². The zero-order valence-electron chi connectivity index (χ0n) is 18.6. The molecule has 1 aliphatic carbocycles. The summed E-state index contributed by atoms with van der Waals surface area (Å²) >= 11 is 0. The lowest BCUT2D eigenvalue weighted by Crippen LogP contribution is -2.33. The summed E-state index contributed by atoms with van der Waals surface area (Å²) in [4.78, 5) is 0. The van der Waals surface area contributed by atoms with E-state index in [2.05, 4.69) is 48.5 Å². The van der Waals surface area contributed by atoms with Gasteiger partial charge in [0.05, 0.1) is 0 Å². The maximum absolute atomic E-state index is 12.8. The van der Waals surface area contributed by atoms with E-state index in [9.17, 15) is 13.2 Å². The van der Waals surface area contributed by atoms with Crippen LogP contribution in [0.1, 0.15) is 47.4 Å². The Bertz CT molecular complexity index is 870. The Balaban J connectivity index is 2.40. The quantitative estimate of drug-likeness (QED) is 0.571. The number of alkyl halides is 3. The van der Waals surface area contributed by atoms with Gasteiger partial charge in [0.15, 0.2) is 0 Å². The minimum absolute atomic E-state index is 0.0740. The van der Waals surface area contributed by atoms with Gasteiger partial charge in [-0.25, -0.2) is 0 Å². The molecule has 2 atom stereocenters. The lowest BCUT2D eigenvalue weighted by atomic mass is 9.67. The lowest BCUT2D eigenvalue weighted by molar-refractivity contribution is -0.123. The van der Waals surface area contributed by atoms with Crippen molar-refractivity contribution >= 4 is 11.6 Å². The Labute approximate surface area is 176 Å². The van der Waals surface area contributed by atoms with E-state index >= 15 is 0 Å². The van der Waals surface area contributed by atoms with Crippen LogP contribution in [0.2, 0.25) is 0 Å². The van der Waals surface area contributed by atoms with Crippen LogP contribution in [0.3, 0.4) is 0 Å². The zero-order valence-corrected chi connectivity index (χ0v) is 18.6. The molecule has 0 radical (unpaired) electrons. The molecule has 1 aliphatic rings. The average Bonchev–Trinajstić information content (AvgIpc) is 3.12. The van der Waals surface area contributed by atoms with Crippen molar-refractivity contribution in [3.05, 3.63) is 47.0 Å². The van der Waals surface area contributed by atoms with Crippen LogP contribution in [0.5, 0.6) is 0 Å². The van der Waals surface area contributed by atoms with Gasteiger partial charge in [-0.3, -0.25) is 0 Å². The van der Waals surface area contributed by atoms with Gasteiger partial charge in [0.25, 0.3) is 0 Å². The fraction of sp³-hybridized carbons (Fsp3) is 0.545. The predicted octanol–water partition coefficient (Wildman–Crippen LogP) is 5.74. The van der Waals surface area contributed by atoms with Gasteiger partial charge in [-0.1, -0.05) is 44.9 Å². The Morgan fingerprint density at radius 3 is 2.40 bits per heavy atom. The van der Waals surface area contributed by atoms with E-state index < -0.39 is 12.7 Å². The third-order valence-corrected chi connectivity index (χ3v) is 5.22. The number of nitrogens with zero attached hydrogens (tertiary/aromatic N) is 2. The maximum Gasteiger partial charge on any atom is 0.405 e. The monoisotopic (exact) mass is 424 g/mol. The lowest BCUT2D eigenvalue weighted by Gasteiger charge is -2.38. The first-order chi connectivity index (χ1) is 13.9. The Morgan fingerprint density at radius 2 is 1.90 bits per heavy atom. The van der Waals surface area contributed by atoms with E-state index in [1.165, 1.54) is 0 Å². The van der Waals surface area contributed by atoms with Gasteiger partial charge in [-0.2, -0.15) is 13.2 Å². The van der Waals surface area contributed by atoms with Crippen molar-refractivity contribution in [1.82, 2.24) is 15.5 Å². The molecule has 1 aromatic rings. The number of hydrogen-bond acceptors (Lipinski definition) is 5.